The maximum Gasteiger partial charge on any atom is 0.240 e. The van der Waals surface area contributed by atoms with E-state index in [4.69, 9.17) is 0 Å². The van der Waals surface area contributed by atoms with E-state index in [0.29, 0.717) is 6.54 Å². The van der Waals surface area contributed by atoms with Crippen molar-refractivity contribution in [1.82, 2.24) is 15.2 Å². The number of nitrogens with zero attached hydrogens (tertiary/aromatic N) is 2. The number of imide groups is 1. The van der Waals surface area contributed by atoms with Crippen LogP contribution in [0.15, 0.2) is 24.4 Å². The summed E-state index contributed by atoms with van der Waals surface area (Å²) >= 11 is 0. The number of hydrogen-bond donors (Lipinski definition) is 1. The Morgan fingerprint density at radius 3 is 2.45 bits per heavy atom. The number of pyridine rings is 1. The second-order valence-corrected chi connectivity index (χ2v) is 5.86. The highest BCUT2D eigenvalue weighted by Gasteiger charge is 2.48. The van der Waals surface area contributed by atoms with Crippen molar-refractivity contribution in [3.8, 4) is 0 Å². The van der Waals surface area contributed by atoms with E-state index in [9.17, 15) is 14.4 Å². The Balaban J connectivity index is 1.57. The first-order valence-electron chi connectivity index (χ1n) is 7.68. The van der Waals surface area contributed by atoms with Gasteiger partial charge < -0.3 is 5.32 Å². The predicted molar refractivity (Wildman–Crippen MR) is 78.3 cm³/mol. The zero-order valence-electron chi connectivity index (χ0n) is 12.3. The number of nitrogens with one attached hydrogen (secondary N) is 1. The van der Waals surface area contributed by atoms with Gasteiger partial charge in [-0.3, -0.25) is 24.3 Å². The molecular formula is C16H19N3O3. The molecule has 1 saturated carbocycles. The molecule has 2 unspecified atom stereocenters. The number of aromatic nitrogens is 1. The van der Waals surface area contributed by atoms with Crippen molar-refractivity contribution in [3.05, 3.63) is 30.1 Å². The van der Waals surface area contributed by atoms with Crippen LogP contribution in [-0.4, -0.2) is 34.2 Å². The van der Waals surface area contributed by atoms with Crippen molar-refractivity contribution >= 4 is 17.7 Å². The molecule has 1 saturated heterocycles. The summed E-state index contributed by atoms with van der Waals surface area (Å²) in [4.78, 5) is 41.8. The number of rotatable bonds is 4. The van der Waals surface area contributed by atoms with Gasteiger partial charge in [0, 0.05) is 6.20 Å². The molecule has 3 rings (SSSR count). The van der Waals surface area contributed by atoms with Crippen LogP contribution >= 0.6 is 0 Å². The first kappa shape index (κ1) is 14.7. The lowest BCUT2D eigenvalue weighted by Crippen LogP contribution is -2.40. The molecule has 22 heavy (non-hydrogen) atoms. The van der Waals surface area contributed by atoms with E-state index in [2.05, 4.69) is 10.3 Å². The van der Waals surface area contributed by atoms with Crippen LogP contribution in [0.25, 0.3) is 0 Å². The van der Waals surface area contributed by atoms with Crippen molar-refractivity contribution in [2.24, 2.45) is 11.8 Å². The first-order valence-corrected chi connectivity index (χ1v) is 7.68. The van der Waals surface area contributed by atoms with Gasteiger partial charge in [0.05, 0.1) is 24.1 Å². The normalized spacial score (nSPS) is 24.3. The molecule has 1 aliphatic heterocycles. The summed E-state index contributed by atoms with van der Waals surface area (Å²) in [5, 5.41) is 2.70. The Morgan fingerprint density at radius 2 is 1.86 bits per heavy atom. The summed E-state index contributed by atoms with van der Waals surface area (Å²) < 4.78 is 0. The highest BCUT2D eigenvalue weighted by Crippen LogP contribution is 2.37. The molecule has 2 fully saturated rings. The Labute approximate surface area is 128 Å². The standard InChI is InChI=1S/C16H19N3O3/c20-14(18-9-11-5-3-4-8-17-11)10-19-15(21)12-6-1-2-7-13(12)16(19)22/h3-5,8,12-13H,1-2,6-7,9-10H2,(H,18,20). The largest absolute Gasteiger partial charge is 0.349 e. The van der Waals surface area contributed by atoms with Crippen molar-refractivity contribution < 1.29 is 14.4 Å². The Kier molecular flexibility index (Phi) is 4.18. The van der Waals surface area contributed by atoms with E-state index in [-0.39, 0.29) is 36.1 Å². The van der Waals surface area contributed by atoms with Gasteiger partial charge in [0.25, 0.3) is 0 Å². The Hall–Kier alpha value is -2.24. The number of carbonyl (C=O) groups is 3. The molecule has 1 aliphatic carbocycles. The second kappa shape index (κ2) is 6.25. The average molecular weight is 301 g/mol. The molecule has 2 atom stereocenters. The van der Waals surface area contributed by atoms with E-state index >= 15 is 0 Å². The highest BCUT2D eigenvalue weighted by molar-refractivity contribution is 6.07. The number of likely N-dealkylation sites (tertiary alicyclic amines) is 1. The fraction of sp³-hybridized carbons (Fsp3) is 0.500. The number of amides is 3. The molecule has 6 nitrogen and oxygen atoms in total. The summed E-state index contributed by atoms with van der Waals surface area (Å²) in [5.74, 6) is -1.09. The van der Waals surface area contributed by atoms with Gasteiger partial charge in [0.1, 0.15) is 6.54 Å². The maximum absolute atomic E-state index is 12.3. The zero-order chi connectivity index (χ0) is 15.5. The van der Waals surface area contributed by atoms with Crippen LogP contribution in [0.1, 0.15) is 31.4 Å². The van der Waals surface area contributed by atoms with Gasteiger partial charge >= 0.3 is 0 Å². The molecule has 116 valence electrons. The fourth-order valence-electron chi connectivity index (χ4n) is 3.28. The van der Waals surface area contributed by atoms with Crippen molar-refractivity contribution in [3.63, 3.8) is 0 Å². The third kappa shape index (κ3) is 2.86. The average Bonchev–Trinajstić information content (AvgIpc) is 2.79. The second-order valence-electron chi connectivity index (χ2n) is 5.86. The van der Waals surface area contributed by atoms with E-state index in [1.54, 1.807) is 18.3 Å². The Morgan fingerprint density at radius 1 is 1.18 bits per heavy atom. The molecule has 1 aromatic heterocycles. The third-order valence-electron chi connectivity index (χ3n) is 4.43. The summed E-state index contributed by atoms with van der Waals surface area (Å²) in [6.07, 6.45) is 5.15. The molecule has 2 heterocycles. The fourth-order valence-corrected chi connectivity index (χ4v) is 3.28. The monoisotopic (exact) mass is 301 g/mol. The molecule has 2 aliphatic rings. The molecule has 0 bridgehead atoms. The van der Waals surface area contributed by atoms with Gasteiger partial charge in [-0.15, -0.1) is 0 Å². The summed E-state index contributed by atoms with van der Waals surface area (Å²) in [5.41, 5.74) is 0.739. The maximum atomic E-state index is 12.3. The summed E-state index contributed by atoms with van der Waals surface area (Å²) in [6.45, 7) is 0.111. The van der Waals surface area contributed by atoms with Gasteiger partial charge in [0.15, 0.2) is 0 Å². The van der Waals surface area contributed by atoms with Crippen LogP contribution in [0.4, 0.5) is 0 Å². The molecule has 1 aromatic rings. The van der Waals surface area contributed by atoms with E-state index in [1.807, 2.05) is 6.07 Å². The highest BCUT2D eigenvalue weighted by atomic mass is 16.2. The van der Waals surface area contributed by atoms with E-state index < -0.39 is 0 Å². The summed E-state index contributed by atoms with van der Waals surface area (Å²) in [6, 6.07) is 5.45. The third-order valence-corrected chi connectivity index (χ3v) is 4.43. The predicted octanol–water partition coefficient (Wildman–Crippen LogP) is 0.873. The van der Waals surface area contributed by atoms with E-state index in [1.165, 1.54) is 0 Å². The smallest absolute Gasteiger partial charge is 0.240 e. The van der Waals surface area contributed by atoms with Gasteiger partial charge in [-0.25, -0.2) is 0 Å². The van der Waals surface area contributed by atoms with Crippen molar-refractivity contribution in [2.45, 2.75) is 32.2 Å². The lowest BCUT2D eigenvalue weighted by atomic mass is 9.81. The quantitative estimate of drug-likeness (QED) is 0.837. The molecule has 3 amide bonds. The van der Waals surface area contributed by atoms with Gasteiger partial charge in [0.2, 0.25) is 17.7 Å². The minimum Gasteiger partial charge on any atom is -0.349 e. The zero-order valence-corrected chi connectivity index (χ0v) is 12.3. The molecule has 0 radical (unpaired) electrons. The van der Waals surface area contributed by atoms with Crippen LogP contribution in [0.3, 0.4) is 0 Å². The molecule has 0 aromatic carbocycles. The van der Waals surface area contributed by atoms with Crippen LogP contribution in [0.2, 0.25) is 0 Å². The minimum absolute atomic E-state index is 0.178. The van der Waals surface area contributed by atoms with Crippen LogP contribution in [0.5, 0.6) is 0 Å². The van der Waals surface area contributed by atoms with Crippen molar-refractivity contribution in [1.29, 1.82) is 0 Å². The van der Waals surface area contributed by atoms with Crippen LogP contribution in [0, 0.1) is 11.8 Å². The Bertz CT molecular complexity index is 564. The van der Waals surface area contributed by atoms with E-state index in [0.717, 1.165) is 36.3 Å². The molecular weight excluding hydrogens is 282 g/mol. The topological polar surface area (TPSA) is 79.4 Å². The SMILES string of the molecule is O=C(CN1C(=O)C2CCCCC2C1=O)NCc1ccccn1. The minimum atomic E-state index is -0.328. The van der Waals surface area contributed by atoms with Gasteiger partial charge in [-0.1, -0.05) is 18.9 Å². The lowest BCUT2D eigenvalue weighted by molar-refractivity contribution is -0.143. The number of carbonyl (C=O) groups excluding carboxylic acids is 3. The van der Waals surface area contributed by atoms with Crippen LogP contribution < -0.4 is 5.32 Å². The van der Waals surface area contributed by atoms with Gasteiger partial charge in [-0.2, -0.15) is 0 Å². The summed E-state index contributed by atoms with van der Waals surface area (Å²) in [7, 11) is 0. The van der Waals surface area contributed by atoms with Crippen molar-refractivity contribution in [2.75, 3.05) is 6.54 Å². The number of hydrogen-bond acceptors (Lipinski definition) is 4. The lowest BCUT2D eigenvalue weighted by Gasteiger charge is -2.19. The van der Waals surface area contributed by atoms with Crippen LogP contribution in [-0.2, 0) is 20.9 Å². The number of fused-ring (bicyclic) bond motifs is 1. The first-order chi connectivity index (χ1) is 10.7. The molecule has 6 heteroatoms. The molecule has 0 spiro atoms. The van der Waals surface area contributed by atoms with Gasteiger partial charge in [-0.05, 0) is 25.0 Å². The molecule has 1 N–H and O–H groups in total.